The van der Waals surface area contributed by atoms with Gasteiger partial charge in [0.1, 0.15) is 0 Å². The van der Waals surface area contributed by atoms with Gasteiger partial charge in [-0.3, -0.25) is 0 Å². The van der Waals surface area contributed by atoms with Crippen molar-refractivity contribution >= 4 is 17.3 Å². The van der Waals surface area contributed by atoms with Crippen LogP contribution in [0.2, 0.25) is 5.15 Å². The smallest absolute Gasteiger partial charge is 0.153 e. The summed E-state index contributed by atoms with van der Waals surface area (Å²) in [4.78, 5) is 0. The predicted molar refractivity (Wildman–Crippen MR) is 66.7 cm³/mol. The van der Waals surface area contributed by atoms with E-state index in [0.717, 1.165) is 18.2 Å². The fraction of sp³-hybridized carbons (Fsp3) is 0.667. The number of hydrogen-bond donors (Lipinski definition) is 1. The summed E-state index contributed by atoms with van der Waals surface area (Å²) in [5.41, 5.74) is 0.968. The normalized spacial score (nSPS) is 17.3. The zero-order chi connectivity index (χ0) is 11.2. The molecule has 1 aliphatic rings. The summed E-state index contributed by atoms with van der Waals surface area (Å²) >= 11 is 5.76. The van der Waals surface area contributed by atoms with Gasteiger partial charge in [-0.2, -0.15) is 5.10 Å². The van der Waals surface area contributed by atoms with Crippen LogP contribution in [0, 0.1) is 5.92 Å². The van der Waals surface area contributed by atoms with Gasteiger partial charge in [0, 0.05) is 12.6 Å². The van der Waals surface area contributed by atoms with Crippen molar-refractivity contribution in [2.24, 2.45) is 5.92 Å². The van der Waals surface area contributed by atoms with Gasteiger partial charge < -0.3 is 5.32 Å². The largest absolute Gasteiger partial charge is 0.384 e. The van der Waals surface area contributed by atoms with Crippen LogP contribution in [0.4, 0.5) is 5.69 Å². The minimum Gasteiger partial charge on any atom is -0.384 e. The van der Waals surface area contributed by atoms with Crippen LogP contribution < -0.4 is 5.32 Å². The molecule has 1 aromatic heterocycles. The summed E-state index contributed by atoms with van der Waals surface area (Å²) in [6.45, 7) is 1.01. The molecule has 1 aliphatic carbocycles. The molecular formula is C12H18ClN3. The number of anilines is 1. The molecule has 0 bridgehead atoms. The second kappa shape index (κ2) is 6.04. The van der Waals surface area contributed by atoms with E-state index in [-0.39, 0.29) is 0 Å². The van der Waals surface area contributed by atoms with Crippen LogP contribution in [-0.2, 0) is 0 Å². The molecule has 88 valence electrons. The molecule has 1 aromatic rings. The van der Waals surface area contributed by atoms with Crippen molar-refractivity contribution in [3.63, 3.8) is 0 Å². The fourth-order valence-corrected chi connectivity index (χ4v) is 2.49. The molecule has 4 heteroatoms. The van der Waals surface area contributed by atoms with Crippen LogP contribution in [0.15, 0.2) is 12.3 Å². The first-order valence-corrected chi connectivity index (χ1v) is 6.44. The Morgan fingerprint density at radius 2 is 2.12 bits per heavy atom. The Kier molecular flexibility index (Phi) is 4.40. The molecule has 0 unspecified atom stereocenters. The molecule has 3 nitrogen and oxygen atoms in total. The van der Waals surface area contributed by atoms with Crippen molar-refractivity contribution in [2.75, 3.05) is 11.9 Å². The van der Waals surface area contributed by atoms with Crippen LogP contribution in [0.5, 0.6) is 0 Å². The Morgan fingerprint density at radius 1 is 1.31 bits per heavy atom. The van der Waals surface area contributed by atoms with Crippen LogP contribution in [0.1, 0.15) is 38.5 Å². The molecule has 1 N–H and O–H groups in total. The van der Waals surface area contributed by atoms with E-state index in [1.165, 1.54) is 38.5 Å². The van der Waals surface area contributed by atoms with Gasteiger partial charge >= 0.3 is 0 Å². The lowest BCUT2D eigenvalue weighted by Crippen LogP contribution is -2.12. The molecule has 1 heterocycles. The van der Waals surface area contributed by atoms with Crippen molar-refractivity contribution in [1.82, 2.24) is 10.2 Å². The Morgan fingerprint density at radius 3 is 2.88 bits per heavy atom. The SMILES string of the molecule is Clc1cc(NCCC2CCCCC2)cnn1. The standard InChI is InChI=1S/C12H18ClN3/c13-12-8-11(9-15-16-12)14-7-6-10-4-2-1-3-5-10/h8-10H,1-7H2,(H,14,16). The molecule has 0 saturated heterocycles. The van der Waals surface area contributed by atoms with Crippen molar-refractivity contribution in [2.45, 2.75) is 38.5 Å². The summed E-state index contributed by atoms with van der Waals surface area (Å²) in [7, 11) is 0. The van der Waals surface area contributed by atoms with E-state index in [2.05, 4.69) is 15.5 Å². The Labute approximate surface area is 102 Å². The second-order valence-corrected chi connectivity index (χ2v) is 4.87. The molecule has 2 rings (SSSR count). The van der Waals surface area contributed by atoms with Gasteiger partial charge in [-0.05, 0) is 12.3 Å². The summed E-state index contributed by atoms with van der Waals surface area (Å²) < 4.78 is 0. The van der Waals surface area contributed by atoms with Crippen LogP contribution in [-0.4, -0.2) is 16.7 Å². The number of rotatable bonds is 4. The lowest BCUT2D eigenvalue weighted by molar-refractivity contribution is 0.345. The highest BCUT2D eigenvalue weighted by Crippen LogP contribution is 2.26. The highest BCUT2D eigenvalue weighted by Gasteiger charge is 2.12. The topological polar surface area (TPSA) is 37.8 Å². The molecule has 1 saturated carbocycles. The first kappa shape index (κ1) is 11.6. The molecule has 0 spiro atoms. The van der Waals surface area contributed by atoms with E-state index in [9.17, 15) is 0 Å². The van der Waals surface area contributed by atoms with E-state index in [1.54, 1.807) is 6.20 Å². The van der Waals surface area contributed by atoms with Crippen LogP contribution in [0.3, 0.4) is 0 Å². The van der Waals surface area contributed by atoms with Crippen molar-refractivity contribution < 1.29 is 0 Å². The Balaban J connectivity index is 1.71. The van der Waals surface area contributed by atoms with Gasteiger partial charge in [0.2, 0.25) is 0 Å². The summed E-state index contributed by atoms with van der Waals surface area (Å²) in [5, 5.41) is 11.3. The quantitative estimate of drug-likeness (QED) is 0.874. The van der Waals surface area contributed by atoms with Gasteiger partial charge in [0.05, 0.1) is 11.9 Å². The first-order chi connectivity index (χ1) is 7.84. The molecule has 0 amide bonds. The van der Waals surface area contributed by atoms with E-state index in [4.69, 9.17) is 11.6 Å². The van der Waals surface area contributed by atoms with Gasteiger partial charge in [0.25, 0.3) is 0 Å². The minimum absolute atomic E-state index is 0.447. The van der Waals surface area contributed by atoms with Crippen LogP contribution >= 0.6 is 11.6 Å². The molecule has 0 atom stereocenters. The predicted octanol–water partition coefficient (Wildman–Crippen LogP) is 3.51. The summed E-state index contributed by atoms with van der Waals surface area (Å²) in [6, 6.07) is 1.81. The maximum Gasteiger partial charge on any atom is 0.153 e. The molecular weight excluding hydrogens is 222 g/mol. The monoisotopic (exact) mass is 239 g/mol. The third-order valence-electron chi connectivity index (χ3n) is 3.23. The Bertz CT molecular complexity index is 324. The minimum atomic E-state index is 0.447. The second-order valence-electron chi connectivity index (χ2n) is 4.49. The lowest BCUT2D eigenvalue weighted by atomic mass is 9.87. The average Bonchev–Trinajstić information content (AvgIpc) is 2.30. The third-order valence-corrected chi connectivity index (χ3v) is 3.42. The van der Waals surface area contributed by atoms with Gasteiger partial charge in [0.15, 0.2) is 5.15 Å². The highest BCUT2D eigenvalue weighted by molar-refractivity contribution is 6.29. The third kappa shape index (κ3) is 3.63. The van der Waals surface area contributed by atoms with Gasteiger partial charge in [-0.15, -0.1) is 5.10 Å². The average molecular weight is 240 g/mol. The van der Waals surface area contributed by atoms with Crippen LogP contribution in [0.25, 0.3) is 0 Å². The number of aromatic nitrogens is 2. The van der Waals surface area contributed by atoms with E-state index < -0.39 is 0 Å². The molecule has 0 aromatic carbocycles. The Hall–Kier alpha value is -0.830. The summed E-state index contributed by atoms with van der Waals surface area (Å²) in [5.74, 6) is 0.909. The number of nitrogens with one attached hydrogen (secondary N) is 1. The fourth-order valence-electron chi connectivity index (χ4n) is 2.33. The van der Waals surface area contributed by atoms with E-state index in [0.29, 0.717) is 5.15 Å². The van der Waals surface area contributed by atoms with E-state index >= 15 is 0 Å². The van der Waals surface area contributed by atoms with Gasteiger partial charge in [-0.1, -0.05) is 43.7 Å². The first-order valence-electron chi connectivity index (χ1n) is 6.07. The zero-order valence-corrected chi connectivity index (χ0v) is 10.2. The number of hydrogen-bond acceptors (Lipinski definition) is 3. The highest BCUT2D eigenvalue weighted by atomic mass is 35.5. The molecule has 0 aliphatic heterocycles. The number of halogens is 1. The van der Waals surface area contributed by atoms with Crippen molar-refractivity contribution in [3.05, 3.63) is 17.4 Å². The maximum absolute atomic E-state index is 5.76. The summed E-state index contributed by atoms with van der Waals surface area (Å²) in [6.07, 6.45) is 10.0. The zero-order valence-electron chi connectivity index (χ0n) is 9.45. The van der Waals surface area contributed by atoms with E-state index in [1.807, 2.05) is 6.07 Å². The number of nitrogens with zero attached hydrogens (tertiary/aromatic N) is 2. The van der Waals surface area contributed by atoms with Crippen molar-refractivity contribution in [1.29, 1.82) is 0 Å². The maximum atomic E-state index is 5.76. The molecule has 1 fully saturated rings. The molecule has 16 heavy (non-hydrogen) atoms. The lowest BCUT2D eigenvalue weighted by Gasteiger charge is -2.21. The molecule has 0 radical (unpaired) electrons. The van der Waals surface area contributed by atoms with Gasteiger partial charge in [-0.25, -0.2) is 0 Å². The van der Waals surface area contributed by atoms with Crippen molar-refractivity contribution in [3.8, 4) is 0 Å².